The molecule has 0 aliphatic carbocycles. The summed E-state index contributed by atoms with van der Waals surface area (Å²) in [6.07, 6.45) is 0. The number of thiophene rings is 1. The second kappa shape index (κ2) is 9.66. The van der Waals surface area contributed by atoms with Gasteiger partial charge in [-0.05, 0) is 6.92 Å². The Morgan fingerprint density at radius 2 is 2.10 bits per heavy atom. The molecule has 2 aromatic carbocycles. The van der Waals surface area contributed by atoms with Crippen LogP contribution in [0.4, 0.5) is 5.13 Å². The maximum atomic E-state index is 12.7. The fraction of sp³-hybridized carbons (Fsp3) is 0.143. The van der Waals surface area contributed by atoms with Crippen molar-refractivity contribution in [2.24, 2.45) is 0 Å². The number of nitrogens with zero attached hydrogens (tertiary/aromatic N) is 1. The fourth-order valence-electron chi connectivity index (χ4n) is 2.52. The summed E-state index contributed by atoms with van der Waals surface area (Å²) in [5.74, 6) is 0.576. The molecule has 2 heterocycles. The molecule has 8 heteroatoms. The van der Waals surface area contributed by atoms with E-state index in [9.17, 15) is 4.79 Å². The summed E-state index contributed by atoms with van der Waals surface area (Å²) < 4.78 is 14.3. The van der Waals surface area contributed by atoms with Crippen molar-refractivity contribution in [3.8, 4) is 5.75 Å². The van der Waals surface area contributed by atoms with E-state index in [1.165, 1.54) is 17.8 Å². The molecule has 5 nitrogen and oxygen atoms in total. The van der Waals surface area contributed by atoms with Gasteiger partial charge in [-0.25, -0.2) is 0 Å². The number of fused-ring (bicyclic) bond motifs is 1. The summed E-state index contributed by atoms with van der Waals surface area (Å²) in [6.45, 7) is 2.74. The van der Waals surface area contributed by atoms with Crippen molar-refractivity contribution >= 4 is 43.9 Å². The summed E-state index contributed by atoms with van der Waals surface area (Å²) in [4.78, 5) is 17.2. The number of thiazole rings is 1. The number of carbonyl (C=O) groups is 1. The SMILES string of the molecule is CCOCOc1ccc2nc(NC(=O)c3cccc([I-]c4cccs4)c3)sc2c1. The van der Waals surface area contributed by atoms with E-state index in [1.54, 1.807) is 11.3 Å². The number of carbonyl (C=O) groups excluding carboxylic acids is 1. The Balaban J connectivity index is 1.45. The quantitative estimate of drug-likeness (QED) is 0.213. The number of benzene rings is 2. The van der Waals surface area contributed by atoms with Crippen molar-refractivity contribution in [1.82, 2.24) is 4.98 Å². The molecule has 150 valence electrons. The second-order valence-corrected chi connectivity index (χ2v) is 11.5. The summed E-state index contributed by atoms with van der Waals surface area (Å²) in [6, 6.07) is 17.7. The van der Waals surface area contributed by atoms with Crippen molar-refractivity contribution in [1.29, 1.82) is 0 Å². The number of anilines is 1. The fourth-order valence-corrected chi connectivity index (χ4v) is 7.20. The van der Waals surface area contributed by atoms with Crippen LogP contribution in [0.5, 0.6) is 5.75 Å². The molecular formula is C21H18IN2O3S2-. The number of nitrogens with one attached hydrogen (secondary N) is 1. The molecule has 0 unspecified atom stereocenters. The van der Waals surface area contributed by atoms with Crippen LogP contribution in [0.2, 0.25) is 0 Å². The van der Waals surface area contributed by atoms with E-state index in [0.29, 0.717) is 17.3 Å². The van der Waals surface area contributed by atoms with Crippen LogP contribution in [0.1, 0.15) is 17.3 Å². The van der Waals surface area contributed by atoms with Crippen LogP contribution in [-0.2, 0) is 4.74 Å². The standard InChI is InChI=1S/C21H18IN2O3S2/c1-2-26-13-27-16-8-9-17-18(12-16)29-21(23-17)24-20(25)14-5-3-6-15(11-14)22-19-7-4-10-28-19/h3-12H,2,13H2,1H3,(H,23,24,25)/q-1. The second-order valence-electron chi connectivity index (χ2n) is 5.88. The van der Waals surface area contributed by atoms with E-state index in [0.717, 1.165) is 16.0 Å². The van der Waals surface area contributed by atoms with Crippen LogP contribution in [0.3, 0.4) is 0 Å². The summed E-state index contributed by atoms with van der Waals surface area (Å²) in [7, 11) is 0. The molecule has 1 N–H and O–H groups in total. The van der Waals surface area contributed by atoms with Gasteiger partial charge in [0.1, 0.15) is 0 Å². The molecule has 29 heavy (non-hydrogen) atoms. The number of hydrogen-bond acceptors (Lipinski definition) is 6. The van der Waals surface area contributed by atoms with Gasteiger partial charge in [0.15, 0.2) is 0 Å². The Kier molecular flexibility index (Phi) is 6.75. The zero-order valence-corrected chi connectivity index (χ0v) is 19.3. The molecule has 0 aliphatic heterocycles. The van der Waals surface area contributed by atoms with Crippen molar-refractivity contribution < 1.29 is 35.5 Å². The molecule has 0 saturated heterocycles. The van der Waals surface area contributed by atoms with Crippen LogP contribution in [0.25, 0.3) is 10.2 Å². The zero-order chi connectivity index (χ0) is 20.1. The van der Waals surface area contributed by atoms with Crippen LogP contribution in [0.15, 0.2) is 60.0 Å². The Morgan fingerprint density at radius 1 is 1.17 bits per heavy atom. The third-order valence-corrected chi connectivity index (χ3v) is 8.92. The molecule has 0 aliphatic rings. The first-order chi connectivity index (χ1) is 14.2. The summed E-state index contributed by atoms with van der Waals surface area (Å²) in [5, 5.41) is 5.59. The van der Waals surface area contributed by atoms with Crippen LogP contribution >= 0.6 is 22.7 Å². The Morgan fingerprint density at radius 3 is 2.93 bits per heavy atom. The Hall–Kier alpha value is -2.01. The normalized spacial score (nSPS) is 11.1. The van der Waals surface area contributed by atoms with Crippen molar-refractivity contribution in [2.45, 2.75) is 6.92 Å². The number of aromatic nitrogens is 1. The number of halogens is 1. The Labute approximate surface area is 187 Å². The van der Waals surface area contributed by atoms with Gasteiger partial charge in [-0.2, -0.15) is 0 Å². The van der Waals surface area contributed by atoms with Crippen LogP contribution in [0, 0.1) is 6.45 Å². The van der Waals surface area contributed by atoms with E-state index in [-0.39, 0.29) is 33.9 Å². The average molecular weight is 537 g/mol. The maximum absolute atomic E-state index is 12.7. The third-order valence-electron chi connectivity index (χ3n) is 3.87. The monoisotopic (exact) mass is 537 g/mol. The number of amides is 1. The molecule has 4 rings (SSSR count). The van der Waals surface area contributed by atoms with Crippen molar-refractivity contribution in [3.63, 3.8) is 0 Å². The van der Waals surface area contributed by atoms with Gasteiger partial charge in [-0.15, -0.1) is 0 Å². The summed E-state index contributed by atoms with van der Waals surface area (Å²) >= 11 is 2.93. The van der Waals surface area contributed by atoms with E-state index >= 15 is 0 Å². The minimum absolute atomic E-state index is 0.145. The van der Waals surface area contributed by atoms with E-state index in [2.05, 4.69) is 33.9 Å². The van der Waals surface area contributed by atoms with Crippen molar-refractivity contribution in [3.05, 3.63) is 72.0 Å². The predicted octanol–water partition coefficient (Wildman–Crippen LogP) is 2.11. The molecule has 1 amide bonds. The first-order valence-corrected chi connectivity index (χ1v) is 12.8. The average Bonchev–Trinajstić information content (AvgIpc) is 3.37. The molecule has 0 bridgehead atoms. The molecule has 0 fully saturated rings. The van der Waals surface area contributed by atoms with Gasteiger partial charge in [0.05, 0.1) is 0 Å². The van der Waals surface area contributed by atoms with Gasteiger partial charge in [0, 0.05) is 6.61 Å². The molecule has 0 atom stereocenters. The topological polar surface area (TPSA) is 60.5 Å². The first-order valence-electron chi connectivity index (χ1n) is 8.92. The van der Waals surface area contributed by atoms with Crippen molar-refractivity contribution in [2.75, 3.05) is 18.7 Å². The first kappa shape index (κ1) is 20.3. The molecule has 0 saturated carbocycles. The number of rotatable bonds is 8. The summed E-state index contributed by atoms with van der Waals surface area (Å²) in [5.41, 5.74) is 1.48. The van der Waals surface area contributed by atoms with Gasteiger partial charge >= 0.3 is 170 Å². The Bertz CT molecular complexity index is 1110. The minimum atomic E-state index is -0.263. The predicted molar refractivity (Wildman–Crippen MR) is 113 cm³/mol. The molecule has 2 aromatic heterocycles. The molecule has 4 aromatic rings. The number of hydrogen-bond donors (Lipinski definition) is 1. The number of ether oxygens (including phenoxy) is 2. The van der Waals surface area contributed by atoms with Gasteiger partial charge < -0.3 is 4.74 Å². The molecular weight excluding hydrogens is 519 g/mol. The van der Waals surface area contributed by atoms with Gasteiger partial charge in [-0.1, -0.05) is 0 Å². The molecule has 0 spiro atoms. The molecule has 0 radical (unpaired) electrons. The van der Waals surface area contributed by atoms with E-state index in [1.807, 2.05) is 43.3 Å². The zero-order valence-electron chi connectivity index (χ0n) is 15.6. The third kappa shape index (κ3) is 5.33. The van der Waals surface area contributed by atoms with E-state index in [4.69, 9.17) is 9.47 Å². The van der Waals surface area contributed by atoms with E-state index < -0.39 is 0 Å². The van der Waals surface area contributed by atoms with Crippen LogP contribution < -0.4 is 31.3 Å². The van der Waals surface area contributed by atoms with Gasteiger partial charge in [0.25, 0.3) is 0 Å². The van der Waals surface area contributed by atoms with Gasteiger partial charge in [0.2, 0.25) is 0 Å². The van der Waals surface area contributed by atoms with Crippen LogP contribution in [-0.4, -0.2) is 24.3 Å². The van der Waals surface area contributed by atoms with Gasteiger partial charge in [-0.3, -0.25) is 0 Å².